The molecule has 4 rings (SSSR count). The van der Waals surface area contributed by atoms with Crippen LogP contribution in [0.3, 0.4) is 0 Å². The highest BCUT2D eigenvalue weighted by Gasteiger charge is 2.21. The molecule has 2 aliphatic rings. The Morgan fingerprint density at radius 3 is 2.55 bits per heavy atom. The molecule has 0 aromatic heterocycles. The molecule has 5 nitrogen and oxygen atoms in total. The Morgan fingerprint density at radius 1 is 1.00 bits per heavy atom. The van der Waals surface area contributed by atoms with Gasteiger partial charge in [0.1, 0.15) is 24.7 Å². The number of benzene rings is 2. The molecular weight excluding hydrogens is 364 g/mol. The quantitative estimate of drug-likeness (QED) is 0.708. The number of likely N-dealkylation sites (tertiary alicyclic amines) is 1. The van der Waals surface area contributed by atoms with Crippen LogP contribution in [0.2, 0.25) is 0 Å². The van der Waals surface area contributed by atoms with Gasteiger partial charge in [-0.25, -0.2) is 0 Å². The van der Waals surface area contributed by atoms with Crippen LogP contribution in [0.4, 0.5) is 0 Å². The maximum atomic E-state index is 11.4. The number of carbonyl (C=O) groups excluding carboxylic acids is 1. The number of hydrogen-bond acceptors (Lipinski definition) is 4. The summed E-state index contributed by atoms with van der Waals surface area (Å²) >= 11 is 0. The van der Waals surface area contributed by atoms with Crippen molar-refractivity contribution in [2.75, 3.05) is 32.8 Å². The van der Waals surface area contributed by atoms with Crippen molar-refractivity contribution < 1.29 is 14.3 Å². The molecule has 1 N–H and O–H groups in total. The molecule has 2 heterocycles. The molecule has 2 aromatic rings. The molecule has 0 radical (unpaired) electrons. The third-order valence-corrected chi connectivity index (χ3v) is 5.69. The summed E-state index contributed by atoms with van der Waals surface area (Å²) in [7, 11) is 0. The van der Waals surface area contributed by atoms with Gasteiger partial charge >= 0.3 is 0 Å². The topological polar surface area (TPSA) is 50.8 Å². The van der Waals surface area contributed by atoms with Crippen molar-refractivity contribution >= 4 is 5.91 Å². The monoisotopic (exact) mass is 394 g/mol. The van der Waals surface area contributed by atoms with E-state index < -0.39 is 0 Å². The van der Waals surface area contributed by atoms with Crippen molar-refractivity contribution in [2.45, 2.75) is 38.1 Å². The lowest BCUT2D eigenvalue weighted by Gasteiger charge is -2.16. The van der Waals surface area contributed by atoms with Gasteiger partial charge in [-0.3, -0.25) is 9.69 Å². The Morgan fingerprint density at radius 2 is 1.79 bits per heavy atom. The van der Waals surface area contributed by atoms with Gasteiger partial charge in [-0.2, -0.15) is 0 Å². The Labute approximate surface area is 173 Å². The summed E-state index contributed by atoms with van der Waals surface area (Å²) in [6.45, 7) is 4.68. The zero-order valence-corrected chi connectivity index (χ0v) is 16.9. The number of nitrogens with zero attached hydrogens (tertiary/aromatic N) is 1. The molecule has 1 amide bonds. The number of hydrogen-bond donors (Lipinski definition) is 1. The van der Waals surface area contributed by atoms with E-state index in [4.69, 9.17) is 9.47 Å². The molecule has 154 valence electrons. The molecule has 2 aromatic carbocycles. The standard InChI is InChI=1S/C24H30N2O3/c27-24-12-9-21(25-24)18-29-23-6-2-1-5-20(23)17-19-7-10-22(11-8-19)28-16-15-26-13-3-4-14-26/h1-2,5-8,10-11,21H,3-4,9,12-18H2,(H,25,27). The van der Waals surface area contributed by atoms with Crippen molar-refractivity contribution in [1.29, 1.82) is 0 Å². The Bertz CT molecular complexity index is 800. The van der Waals surface area contributed by atoms with E-state index in [0.717, 1.165) is 43.1 Å². The molecule has 1 unspecified atom stereocenters. The molecule has 2 fully saturated rings. The summed E-state index contributed by atoms with van der Waals surface area (Å²) < 4.78 is 11.9. The van der Waals surface area contributed by atoms with Crippen molar-refractivity contribution in [1.82, 2.24) is 10.2 Å². The van der Waals surface area contributed by atoms with Gasteiger partial charge in [-0.1, -0.05) is 30.3 Å². The van der Waals surface area contributed by atoms with Crippen LogP contribution < -0.4 is 14.8 Å². The Balaban J connectivity index is 1.28. The van der Waals surface area contributed by atoms with E-state index in [1.165, 1.54) is 31.5 Å². The Kier molecular flexibility index (Phi) is 6.67. The molecule has 2 saturated heterocycles. The highest BCUT2D eigenvalue weighted by molar-refractivity contribution is 5.78. The number of amides is 1. The summed E-state index contributed by atoms with van der Waals surface area (Å²) in [5, 5.41) is 2.95. The summed E-state index contributed by atoms with van der Waals surface area (Å²) in [6.07, 6.45) is 4.88. The van der Waals surface area contributed by atoms with E-state index in [1.54, 1.807) is 0 Å². The van der Waals surface area contributed by atoms with E-state index in [9.17, 15) is 4.79 Å². The highest BCUT2D eigenvalue weighted by Crippen LogP contribution is 2.23. The molecule has 0 saturated carbocycles. The molecule has 2 aliphatic heterocycles. The average molecular weight is 395 g/mol. The zero-order valence-electron chi connectivity index (χ0n) is 16.9. The minimum Gasteiger partial charge on any atom is -0.492 e. The second-order valence-corrected chi connectivity index (χ2v) is 7.94. The maximum absolute atomic E-state index is 11.4. The fourth-order valence-electron chi connectivity index (χ4n) is 4.01. The van der Waals surface area contributed by atoms with Gasteiger partial charge in [0, 0.05) is 19.4 Å². The second-order valence-electron chi connectivity index (χ2n) is 7.94. The van der Waals surface area contributed by atoms with E-state index in [1.807, 2.05) is 18.2 Å². The molecule has 29 heavy (non-hydrogen) atoms. The van der Waals surface area contributed by atoms with Gasteiger partial charge in [0.05, 0.1) is 6.04 Å². The van der Waals surface area contributed by atoms with Crippen LogP contribution in [-0.2, 0) is 11.2 Å². The highest BCUT2D eigenvalue weighted by atomic mass is 16.5. The van der Waals surface area contributed by atoms with Gasteiger partial charge < -0.3 is 14.8 Å². The number of carbonyl (C=O) groups is 1. The van der Waals surface area contributed by atoms with E-state index in [-0.39, 0.29) is 11.9 Å². The summed E-state index contributed by atoms with van der Waals surface area (Å²) in [4.78, 5) is 13.8. The predicted octanol–water partition coefficient (Wildman–Crippen LogP) is 3.41. The first kappa shape index (κ1) is 19.8. The summed E-state index contributed by atoms with van der Waals surface area (Å²) in [5.41, 5.74) is 2.38. The molecule has 5 heteroatoms. The summed E-state index contributed by atoms with van der Waals surface area (Å²) in [5.74, 6) is 1.93. The molecule has 0 spiro atoms. The fourth-order valence-corrected chi connectivity index (χ4v) is 4.01. The van der Waals surface area contributed by atoms with Crippen molar-refractivity contribution in [2.24, 2.45) is 0 Å². The molecule has 0 aliphatic carbocycles. The van der Waals surface area contributed by atoms with Crippen LogP contribution in [0, 0.1) is 0 Å². The third kappa shape index (κ3) is 5.73. The minimum absolute atomic E-state index is 0.118. The van der Waals surface area contributed by atoms with Gasteiger partial charge in [-0.05, 0) is 61.7 Å². The van der Waals surface area contributed by atoms with E-state index >= 15 is 0 Å². The number of para-hydroxylation sites is 1. The maximum Gasteiger partial charge on any atom is 0.220 e. The van der Waals surface area contributed by atoms with Crippen LogP contribution in [-0.4, -0.2) is 49.7 Å². The third-order valence-electron chi connectivity index (χ3n) is 5.69. The Hall–Kier alpha value is -2.53. The van der Waals surface area contributed by atoms with Gasteiger partial charge in [0.2, 0.25) is 5.91 Å². The normalized spacial score (nSPS) is 19.3. The first-order valence-electron chi connectivity index (χ1n) is 10.7. The van der Waals surface area contributed by atoms with Crippen molar-refractivity contribution in [3.63, 3.8) is 0 Å². The van der Waals surface area contributed by atoms with Crippen LogP contribution in [0.15, 0.2) is 48.5 Å². The van der Waals surface area contributed by atoms with Crippen LogP contribution in [0.25, 0.3) is 0 Å². The second kappa shape index (κ2) is 9.79. The smallest absolute Gasteiger partial charge is 0.220 e. The van der Waals surface area contributed by atoms with Gasteiger partial charge in [0.15, 0.2) is 0 Å². The van der Waals surface area contributed by atoms with E-state index in [0.29, 0.717) is 13.0 Å². The van der Waals surface area contributed by atoms with Crippen molar-refractivity contribution in [3.8, 4) is 11.5 Å². The van der Waals surface area contributed by atoms with Crippen LogP contribution >= 0.6 is 0 Å². The van der Waals surface area contributed by atoms with Gasteiger partial charge in [-0.15, -0.1) is 0 Å². The molecule has 0 bridgehead atoms. The molecular formula is C24H30N2O3. The summed E-state index contributed by atoms with van der Waals surface area (Å²) in [6, 6.07) is 16.6. The SMILES string of the molecule is O=C1CCC(COc2ccccc2Cc2ccc(OCCN3CCCC3)cc2)N1. The number of nitrogens with one attached hydrogen (secondary N) is 1. The van der Waals surface area contributed by atoms with Crippen LogP contribution in [0.5, 0.6) is 11.5 Å². The molecule has 1 atom stereocenters. The zero-order chi connectivity index (χ0) is 19.9. The van der Waals surface area contributed by atoms with Gasteiger partial charge in [0.25, 0.3) is 0 Å². The predicted molar refractivity (Wildman–Crippen MR) is 114 cm³/mol. The first-order chi connectivity index (χ1) is 14.3. The average Bonchev–Trinajstić information content (AvgIpc) is 3.40. The van der Waals surface area contributed by atoms with E-state index in [2.05, 4.69) is 40.5 Å². The lowest BCUT2D eigenvalue weighted by atomic mass is 10.0. The van der Waals surface area contributed by atoms with Crippen molar-refractivity contribution in [3.05, 3.63) is 59.7 Å². The van der Waals surface area contributed by atoms with Crippen LogP contribution in [0.1, 0.15) is 36.8 Å². The number of ether oxygens (including phenoxy) is 2. The first-order valence-corrected chi connectivity index (χ1v) is 10.7. The lowest BCUT2D eigenvalue weighted by molar-refractivity contribution is -0.119. The minimum atomic E-state index is 0.118. The number of rotatable bonds is 9. The lowest BCUT2D eigenvalue weighted by Crippen LogP contribution is -2.31. The largest absolute Gasteiger partial charge is 0.492 e. The fraction of sp³-hybridized carbons (Fsp3) is 0.458.